The van der Waals surface area contributed by atoms with Crippen molar-refractivity contribution in [1.29, 1.82) is 0 Å². The quantitative estimate of drug-likeness (QED) is 0.941. The van der Waals surface area contributed by atoms with Crippen LogP contribution in [0.15, 0.2) is 42.5 Å². The molecule has 110 valence electrons. The summed E-state index contributed by atoms with van der Waals surface area (Å²) in [5.74, 6) is 1.58. The molecule has 0 saturated heterocycles. The van der Waals surface area contributed by atoms with Crippen LogP contribution in [-0.4, -0.2) is 18.8 Å². The fourth-order valence-corrected chi connectivity index (χ4v) is 2.78. The molecule has 1 aliphatic rings. The van der Waals surface area contributed by atoms with Crippen molar-refractivity contribution in [1.82, 2.24) is 0 Å². The van der Waals surface area contributed by atoms with E-state index in [-0.39, 0.29) is 12.1 Å². The fraction of sp³-hybridized carbons (Fsp3) is 0.333. The van der Waals surface area contributed by atoms with E-state index >= 15 is 0 Å². The molecular formula is C18H21NO2. The fourth-order valence-electron chi connectivity index (χ4n) is 2.78. The van der Waals surface area contributed by atoms with E-state index in [1.54, 1.807) is 0 Å². The maximum atomic E-state index is 6.37. The van der Waals surface area contributed by atoms with E-state index in [9.17, 15) is 0 Å². The minimum absolute atomic E-state index is 0.0850. The Kier molecular flexibility index (Phi) is 3.84. The first-order valence-corrected chi connectivity index (χ1v) is 7.34. The van der Waals surface area contributed by atoms with Gasteiger partial charge in [-0.25, -0.2) is 0 Å². The van der Waals surface area contributed by atoms with Crippen molar-refractivity contribution in [3.05, 3.63) is 59.2 Å². The summed E-state index contributed by atoms with van der Waals surface area (Å²) in [6.07, 6.45) is 0.688. The van der Waals surface area contributed by atoms with Gasteiger partial charge in [0.2, 0.25) is 0 Å². The molecular weight excluding hydrogens is 262 g/mol. The standard InChI is InChI=1S/C18H21NO2/c1-12-6-5-7-13(2)14(12)10-15(19)18-11-20-16-8-3-4-9-17(16)21-18/h3-9,15,18H,10-11,19H2,1-2H3. The Labute approximate surface area is 125 Å². The lowest BCUT2D eigenvalue weighted by molar-refractivity contribution is 0.0722. The van der Waals surface area contributed by atoms with Gasteiger partial charge in [0.15, 0.2) is 11.5 Å². The van der Waals surface area contributed by atoms with Crippen molar-refractivity contribution in [3.63, 3.8) is 0 Å². The summed E-state index contributed by atoms with van der Waals surface area (Å²) in [7, 11) is 0. The number of benzene rings is 2. The highest BCUT2D eigenvalue weighted by atomic mass is 16.6. The summed E-state index contributed by atoms with van der Waals surface area (Å²) in [6.45, 7) is 4.76. The predicted octanol–water partition coefficient (Wildman–Crippen LogP) is 3.01. The van der Waals surface area contributed by atoms with Crippen LogP contribution in [0.5, 0.6) is 11.5 Å². The minimum atomic E-state index is -0.112. The van der Waals surface area contributed by atoms with Crippen molar-refractivity contribution in [2.45, 2.75) is 32.4 Å². The Balaban J connectivity index is 1.74. The molecule has 21 heavy (non-hydrogen) atoms. The summed E-state index contributed by atoms with van der Waals surface area (Å²) in [5, 5.41) is 0. The second kappa shape index (κ2) is 5.78. The first kappa shape index (κ1) is 14.0. The Morgan fingerprint density at radius 2 is 1.71 bits per heavy atom. The number of aryl methyl sites for hydroxylation is 2. The largest absolute Gasteiger partial charge is 0.486 e. The summed E-state index contributed by atoms with van der Waals surface area (Å²) in [5.41, 5.74) is 10.2. The van der Waals surface area contributed by atoms with Crippen LogP contribution in [0.4, 0.5) is 0 Å². The van der Waals surface area contributed by atoms with E-state index < -0.39 is 0 Å². The van der Waals surface area contributed by atoms with Crippen LogP contribution in [0.25, 0.3) is 0 Å². The SMILES string of the molecule is Cc1cccc(C)c1CC(N)C1COc2ccccc2O1. The molecule has 2 aromatic rings. The Morgan fingerprint density at radius 1 is 1.05 bits per heavy atom. The van der Waals surface area contributed by atoms with Gasteiger partial charge in [0.05, 0.1) is 0 Å². The molecule has 2 atom stereocenters. The number of para-hydroxylation sites is 2. The van der Waals surface area contributed by atoms with Gasteiger partial charge in [0.1, 0.15) is 12.7 Å². The van der Waals surface area contributed by atoms with Crippen molar-refractivity contribution < 1.29 is 9.47 Å². The third kappa shape index (κ3) is 2.88. The van der Waals surface area contributed by atoms with Gasteiger partial charge in [-0.05, 0) is 49.1 Å². The van der Waals surface area contributed by atoms with Gasteiger partial charge in [0, 0.05) is 6.04 Å². The van der Waals surface area contributed by atoms with E-state index in [0.717, 1.165) is 17.9 Å². The second-order valence-electron chi connectivity index (χ2n) is 5.65. The van der Waals surface area contributed by atoms with Crippen LogP contribution in [-0.2, 0) is 6.42 Å². The van der Waals surface area contributed by atoms with E-state index in [1.807, 2.05) is 24.3 Å². The molecule has 0 saturated carbocycles. The molecule has 2 aromatic carbocycles. The monoisotopic (exact) mass is 283 g/mol. The average molecular weight is 283 g/mol. The molecule has 1 aliphatic heterocycles. The number of ether oxygens (including phenoxy) is 2. The van der Waals surface area contributed by atoms with Gasteiger partial charge in [-0.15, -0.1) is 0 Å². The topological polar surface area (TPSA) is 44.5 Å². The van der Waals surface area contributed by atoms with Gasteiger partial charge in [-0.1, -0.05) is 30.3 Å². The maximum Gasteiger partial charge on any atom is 0.161 e. The van der Waals surface area contributed by atoms with Crippen LogP contribution in [0, 0.1) is 13.8 Å². The van der Waals surface area contributed by atoms with E-state index in [2.05, 4.69) is 32.0 Å². The molecule has 0 aromatic heterocycles. The van der Waals surface area contributed by atoms with Crippen LogP contribution in [0.3, 0.4) is 0 Å². The molecule has 2 unspecified atom stereocenters. The zero-order chi connectivity index (χ0) is 14.8. The Bertz CT molecular complexity index is 619. The zero-order valence-electron chi connectivity index (χ0n) is 12.5. The van der Waals surface area contributed by atoms with Crippen LogP contribution in [0.1, 0.15) is 16.7 Å². The highest BCUT2D eigenvalue weighted by Gasteiger charge is 2.27. The normalized spacial score (nSPS) is 18.3. The Morgan fingerprint density at radius 3 is 2.43 bits per heavy atom. The summed E-state index contributed by atoms with van der Waals surface area (Å²) in [6, 6.07) is 14.0. The number of hydrogen-bond acceptors (Lipinski definition) is 3. The number of rotatable bonds is 3. The molecule has 3 rings (SSSR count). The highest BCUT2D eigenvalue weighted by Crippen LogP contribution is 2.32. The van der Waals surface area contributed by atoms with E-state index in [4.69, 9.17) is 15.2 Å². The lowest BCUT2D eigenvalue weighted by atomic mass is 9.94. The third-order valence-electron chi connectivity index (χ3n) is 4.09. The minimum Gasteiger partial charge on any atom is -0.486 e. The molecule has 3 heteroatoms. The zero-order valence-corrected chi connectivity index (χ0v) is 12.5. The molecule has 0 fully saturated rings. The molecule has 1 heterocycles. The lowest BCUT2D eigenvalue weighted by Crippen LogP contribution is -2.46. The first-order valence-electron chi connectivity index (χ1n) is 7.34. The smallest absolute Gasteiger partial charge is 0.161 e. The highest BCUT2D eigenvalue weighted by molar-refractivity contribution is 5.41. The molecule has 2 N–H and O–H groups in total. The predicted molar refractivity (Wildman–Crippen MR) is 83.9 cm³/mol. The number of nitrogens with two attached hydrogens (primary N) is 1. The van der Waals surface area contributed by atoms with Gasteiger partial charge < -0.3 is 15.2 Å². The molecule has 0 radical (unpaired) electrons. The summed E-state index contributed by atoms with van der Waals surface area (Å²) < 4.78 is 11.7. The third-order valence-corrected chi connectivity index (χ3v) is 4.09. The van der Waals surface area contributed by atoms with E-state index in [1.165, 1.54) is 16.7 Å². The Hall–Kier alpha value is -2.00. The van der Waals surface area contributed by atoms with Gasteiger partial charge in [-0.3, -0.25) is 0 Å². The summed E-state index contributed by atoms with van der Waals surface area (Å²) >= 11 is 0. The lowest BCUT2D eigenvalue weighted by Gasteiger charge is -2.30. The molecule has 0 bridgehead atoms. The van der Waals surface area contributed by atoms with Crippen molar-refractivity contribution in [2.24, 2.45) is 5.73 Å². The first-order chi connectivity index (χ1) is 10.1. The van der Waals surface area contributed by atoms with Crippen LogP contribution >= 0.6 is 0 Å². The van der Waals surface area contributed by atoms with E-state index in [0.29, 0.717) is 6.61 Å². The van der Waals surface area contributed by atoms with Crippen molar-refractivity contribution in [2.75, 3.05) is 6.61 Å². The van der Waals surface area contributed by atoms with Crippen molar-refractivity contribution in [3.8, 4) is 11.5 Å². The number of hydrogen-bond donors (Lipinski definition) is 1. The number of fused-ring (bicyclic) bond motifs is 1. The van der Waals surface area contributed by atoms with Gasteiger partial charge in [0.25, 0.3) is 0 Å². The molecule has 0 amide bonds. The van der Waals surface area contributed by atoms with Crippen LogP contribution < -0.4 is 15.2 Å². The average Bonchev–Trinajstić information content (AvgIpc) is 2.50. The maximum absolute atomic E-state index is 6.37. The molecule has 0 spiro atoms. The second-order valence-corrected chi connectivity index (χ2v) is 5.65. The van der Waals surface area contributed by atoms with Gasteiger partial charge in [-0.2, -0.15) is 0 Å². The summed E-state index contributed by atoms with van der Waals surface area (Å²) in [4.78, 5) is 0. The molecule has 0 aliphatic carbocycles. The van der Waals surface area contributed by atoms with Crippen LogP contribution in [0.2, 0.25) is 0 Å². The van der Waals surface area contributed by atoms with Crippen molar-refractivity contribution >= 4 is 0 Å². The van der Waals surface area contributed by atoms with Gasteiger partial charge >= 0.3 is 0 Å². The molecule has 3 nitrogen and oxygen atoms in total.